The van der Waals surface area contributed by atoms with Crippen LogP contribution >= 0.6 is 0 Å². The maximum Gasteiger partial charge on any atom is 0.0540 e. The topological polar surface area (TPSA) is 61.5 Å². The highest BCUT2D eigenvalue weighted by molar-refractivity contribution is 4.98. The van der Waals surface area contributed by atoms with Crippen LogP contribution < -0.4 is 11.1 Å². The number of aliphatic hydroxyl groups is 1. The summed E-state index contributed by atoms with van der Waals surface area (Å²) in [4.78, 5) is 2.56. The zero-order valence-corrected chi connectivity index (χ0v) is 12.6. The van der Waals surface area contributed by atoms with E-state index in [4.69, 9.17) is 10.8 Å². The van der Waals surface area contributed by atoms with E-state index in [1.54, 1.807) is 0 Å². The van der Waals surface area contributed by atoms with Gasteiger partial charge in [0, 0.05) is 31.7 Å². The highest BCUT2D eigenvalue weighted by Crippen LogP contribution is 2.16. The van der Waals surface area contributed by atoms with Crippen molar-refractivity contribution in [3.8, 4) is 0 Å². The number of rotatable bonds is 1. The summed E-state index contributed by atoms with van der Waals surface area (Å²) in [6.45, 7) is 3.47. The van der Waals surface area contributed by atoms with Gasteiger partial charge in [0.1, 0.15) is 0 Å². The Balaban J connectivity index is 0.000000178. The van der Waals surface area contributed by atoms with E-state index in [1.807, 2.05) is 0 Å². The van der Waals surface area contributed by atoms with Gasteiger partial charge in [-0.2, -0.15) is 0 Å². The van der Waals surface area contributed by atoms with E-state index in [0.717, 1.165) is 32.2 Å². The standard InChI is InChI=1S/C10H19N3.C6H12O/c11-9-3-7-13(8-4-9)10-1-5-12-6-2-10;7-6-4-2-1-3-5-6/h1,5,9-10,12H,2-4,6-8,11H2;6-7H,1-5H2. The normalized spacial score (nSPS) is 29.4. The Labute approximate surface area is 123 Å². The molecule has 4 heteroatoms. The van der Waals surface area contributed by atoms with E-state index in [1.165, 1.54) is 38.8 Å². The summed E-state index contributed by atoms with van der Waals surface area (Å²) in [5, 5.41) is 12.1. The minimum absolute atomic E-state index is 0.0359. The first-order valence-corrected chi connectivity index (χ1v) is 8.33. The van der Waals surface area contributed by atoms with Crippen LogP contribution in [-0.2, 0) is 0 Å². The first kappa shape index (κ1) is 15.8. The van der Waals surface area contributed by atoms with Crippen LogP contribution in [-0.4, -0.2) is 47.8 Å². The van der Waals surface area contributed by atoms with Gasteiger partial charge in [0.15, 0.2) is 0 Å². The van der Waals surface area contributed by atoms with Crippen LogP contribution in [0.25, 0.3) is 0 Å². The van der Waals surface area contributed by atoms with Gasteiger partial charge >= 0.3 is 0 Å². The van der Waals surface area contributed by atoms with Crippen molar-refractivity contribution in [3.05, 3.63) is 12.3 Å². The number of nitrogens with zero attached hydrogens (tertiary/aromatic N) is 1. The molecule has 20 heavy (non-hydrogen) atoms. The van der Waals surface area contributed by atoms with Gasteiger partial charge < -0.3 is 16.2 Å². The van der Waals surface area contributed by atoms with Crippen molar-refractivity contribution in [2.24, 2.45) is 5.73 Å². The first-order valence-electron chi connectivity index (χ1n) is 8.33. The van der Waals surface area contributed by atoms with Crippen molar-refractivity contribution >= 4 is 0 Å². The molecule has 0 aromatic carbocycles. The summed E-state index contributed by atoms with van der Waals surface area (Å²) >= 11 is 0. The van der Waals surface area contributed by atoms with Gasteiger partial charge in [0.2, 0.25) is 0 Å². The molecule has 116 valence electrons. The van der Waals surface area contributed by atoms with Gasteiger partial charge in [-0.1, -0.05) is 25.3 Å². The average molecular weight is 281 g/mol. The molecule has 1 unspecified atom stereocenters. The molecular weight excluding hydrogens is 250 g/mol. The highest BCUT2D eigenvalue weighted by atomic mass is 16.3. The summed E-state index contributed by atoms with van der Waals surface area (Å²) in [5.41, 5.74) is 5.87. The minimum Gasteiger partial charge on any atom is -0.393 e. The maximum atomic E-state index is 8.91. The Morgan fingerprint density at radius 1 is 1.00 bits per heavy atom. The second-order valence-corrected chi connectivity index (χ2v) is 6.33. The predicted octanol–water partition coefficient (Wildman–Crippen LogP) is 1.60. The fourth-order valence-electron chi connectivity index (χ4n) is 3.23. The lowest BCUT2D eigenvalue weighted by molar-refractivity contribution is 0.130. The third-order valence-electron chi connectivity index (χ3n) is 4.64. The number of nitrogens with two attached hydrogens (primary N) is 1. The molecule has 0 aromatic heterocycles. The molecule has 4 N–H and O–H groups in total. The van der Waals surface area contributed by atoms with E-state index in [9.17, 15) is 0 Å². The summed E-state index contributed by atoms with van der Waals surface area (Å²) in [5.74, 6) is 0. The van der Waals surface area contributed by atoms with Crippen LogP contribution in [0.5, 0.6) is 0 Å². The summed E-state index contributed by atoms with van der Waals surface area (Å²) in [7, 11) is 0. The molecule has 3 rings (SSSR count). The monoisotopic (exact) mass is 281 g/mol. The number of nitrogens with one attached hydrogen (secondary N) is 1. The third kappa shape index (κ3) is 5.43. The van der Waals surface area contributed by atoms with Crippen molar-refractivity contribution in [2.75, 3.05) is 19.6 Å². The first-order chi connectivity index (χ1) is 9.75. The molecule has 0 aromatic rings. The van der Waals surface area contributed by atoms with Gasteiger partial charge in [0.05, 0.1) is 6.10 Å². The van der Waals surface area contributed by atoms with E-state index >= 15 is 0 Å². The molecule has 1 aliphatic carbocycles. The molecule has 2 aliphatic heterocycles. The molecule has 0 amide bonds. The van der Waals surface area contributed by atoms with Crippen molar-refractivity contribution in [3.63, 3.8) is 0 Å². The van der Waals surface area contributed by atoms with Gasteiger partial charge in [-0.25, -0.2) is 0 Å². The van der Waals surface area contributed by atoms with Crippen LogP contribution in [0.4, 0.5) is 0 Å². The second-order valence-electron chi connectivity index (χ2n) is 6.33. The third-order valence-corrected chi connectivity index (χ3v) is 4.64. The van der Waals surface area contributed by atoms with Gasteiger partial charge in [0.25, 0.3) is 0 Å². The van der Waals surface area contributed by atoms with Crippen molar-refractivity contribution in [1.82, 2.24) is 10.2 Å². The molecule has 0 spiro atoms. The Hall–Kier alpha value is -0.580. The van der Waals surface area contributed by atoms with E-state index < -0.39 is 0 Å². The maximum absolute atomic E-state index is 8.91. The zero-order valence-electron chi connectivity index (χ0n) is 12.6. The fourth-order valence-corrected chi connectivity index (χ4v) is 3.23. The highest BCUT2D eigenvalue weighted by Gasteiger charge is 2.22. The summed E-state index contributed by atoms with van der Waals surface area (Å²) < 4.78 is 0. The van der Waals surface area contributed by atoms with Crippen molar-refractivity contribution in [2.45, 2.75) is 69.6 Å². The van der Waals surface area contributed by atoms with Gasteiger partial charge in [-0.3, -0.25) is 4.90 Å². The molecule has 0 radical (unpaired) electrons. The minimum atomic E-state index is 0.0359. The Bertz CT molecular complexity index is 281. The molecule has 1 saturated carbocycles. The molecule has 4 nitrogen and oxygen atoms in total. The van der Waals surface area contributed by atoms with Crippen LogP contribution in [0.1, 0.15) is 51.4 Å². The number of hydrogen-bond acceptors (Lipinski definition) is 4. The molecular formula is C16H31N3O. The van der Waals surface area contributed by atoms with Crippen LogP contribution in [0.15, 0.2) is 12.3 Å². The van der Waals surface area contributed by atoms with Gasteiger partial charge in [-0.05, 0) is 38.3 Å². The lowest BCUT2D eigenvalue weighted by atomic mass is 9.98. The quantitative estimate of drug-likeness (QED) is 0.683. The average Bonchev–Trinajstić information content (AvgIpc) is 2.50. The van der Waals surface area contributed by atoms with E-state index in [-0.39, 0.29) is 6.10 Å². The van der Waals surface area contributed by atoms with Crippen LogP contribution in [0.2, 0.25) is 0 Å². The molecule has 0 bridgehead atoms. The Morgan fingerprint density at radius 3 is 2.20 bits per heavy atom. The lowest BCUT2D eigenvalue weighted by Gasteiger charge is -2.36. The molecule has 2 heterocycles. The molecule has 1 saturated heterocycles. The second kappa shape index (κ2) is 8.65. The van der Waals surface area contributed by atoms with E-state index in [0.29, 0.717) is 12.1 Å². The van der Waals surface area contributed by atoms with Crippen LogP contribution in [0, 0.1) is 0 Å². The fraction of sp³-hybridized carbons (Fsp3) is 0.875. The van der Waals surface area contributed by atoms with Crippen molar-refractivity contribution in [1.29, 1.82) is 0 Å². The molecule has 2 fully saturated rings. The Morgan fingerprint density at radius 2 is 1.70 bits per heavy atom. The number of hydrogen-bond donors (Lipinski definition) is 3. The number of aliphatic hydroxyl groups excluding tert-OH is 1. The Kier molecular flexibility index (Phi) is 6.83. The predicted molar refractivity (Wildman–Crippen MR) is 83.4 cm³/mol. The molecule has 3 aliphatic rings. The van der Waals surface area contributed by atoms with Crippen molar-refractivity contribution < 1.29 is 5.11 Å². The molecule has 1 atom stereocenters. The largest absolute Gasteiger partial charge is 0.393 e. The van der Waals surface area contributed by atoms with Gasteiger partial charge in [-0.15, -0.1) is 0 Å². The SMILES string of the molecule is NC1CCN(C2C=CNCC2)CC1.OC1CCCCC1. The lowest BCUT2D eigenvalue weighted by Crippen LogP contribution is -2.46. The van der Waals surface area contributed by atoms with Crippen LogP contribution in [0.3, 0.4) is 0 Å². The van der Waals surface area contributed by atoms with E-state index in [2.05, 4.69) is 22.5 Å². The zero-order chi connectivity index (χ0) is 14.2. The smallest absolute Gasteiger partial charge is 0.0540 e. The number of likely N-dealkylation sites (tertiary alicyclic amines) is 1. The summed E-state index contributed by atoms with van der Waals surface area (Å²) in [6.07, 6.45) is 13.9. The summed E-state index contributed by atoms with van der Waals surface area (Å²) in [6, 6.07) is 1.11. The number of piperidine rings is 1.